The number of hydrogen-bond acceptors (Lipinski definition) is 2. The summed E-state index contributed by atoms with van der Waals surface area (Å²) in [5.41, 5.74) is 0.899. The summed E-state index contributed by atoms with van der Waals surface area (Å²) < 4.78 is 11.1. The molecule has 0 saturated carbocycles. The van der Waals surface area contributed by atoms with E-state index in [9.17, 15) is 0 Å². The van der Waals surface area contributed by atoms with Gasteiger partial charge in [0, 0.05) is 0 Å². The third kappa shape index (κ3) is 1.60. The van der Waals surface area contributed by atoms with E-state index >= 15 is 0 Å². The molecule has 1 aromatic heterocycles. The Hall–Kier alpha value is -1.44. The van der Waals surface area contributed by atoms with Crippen molar-refractivity contribution in [2.24, 2.45) is 0 Å². The fourth-order valence-corrected chi connectivity index (χ4v) is 1.50. The average Bonchev–Trinajstić information content (AvgIpc) is 2.55. The molecule has 0 bridgehead atoms. The average molecular weight is 190 g/mol. The Balaban J connectivity index is 2.42. The molecule has 2 heteroatoms. The summed E-state index contributed by atoms with van der Waals surface area (Å²) in [5, 5.41) is 1.07. The summed E-state index contributed by atoms with van der Waals surface area (Å²) in [6.45, 7) is 4.80. The normalized spacial score (nSPS) is 10.7. The SMILES string of the molecule is CCCOc1cccc2oc(C)cc12. The Morgan fingerprint density at radius 1 is 1.36 bits per heavy atom. The maximum atomic E-state index is 5.62. The van der Waals surface area contributed by atoms with Crippen molar-refractivity contribution in [3.05, 3.63) is 30.0 Å². The first-order valence-electron chi connectivity index (χ1n) is 4.93. The molecule has 2 rings (SSSR count). The van der Waals surface area contributed by atoms with Gasteiger partial charge >= 0.3 is 0 Å². The van der Waals surface area contributed by atoms with Crippen molar-refractivity contribution in [2.45, 2.75) is 20.3 Å². The summed E-state index contributed by atoms with van der Waals surface area (Å²) in [4.78, 5) is 0. The van der Waals surface area contributed by atoms with Crippen LogP contribution in [0.3, 0.4) is 0 Å². The minimum atomic E-state index is 0.753. The van der Waals surface area contributed by atoms with Gasteiger partial charge in [0.05, 0.1) is 12.0 Å². The van der Waals surface area contributed by atoms with Crippen LogP contribution in [0.2, 0.25) is 0 Å². The van der Waals surface area contributed by atoms with Gasteiger partial charge in [0.25, 0.3) is 0 Å². The quantitative estimate of drug-likeness (QED) is 0.738. The van der Waals surface area contributed by atoms with Crippen LogP contribution in [-0.2, 0) is 0 Å². The molecule has 0 aliphatic rings. The van der Waals surface area contributed by atoms with Crippen molar-refractivity contribution in [3.63, 3.8) is 0 Å². The second-order valence-electron chi connectivity index (χ2n) is 3.37. The first kappa shape index (κ1) is 9.13. The van der Waals surface area contributed by atoms with Gasteiger partial charge in [0.15, 0.2) is 0 Å². The lowest BCUT2D eigenvalue weighted by Gasteiger charge is -2.04. The molecule has 0 spiro atoms. The number of fused-ring (bicyclic) bond motifs is 1. The zero-order valence-corrected chi connectivity index (χ0v) is 8.54. The summed E-state index contributed by atoms with van der Waals surface area (Å²) >= 11 is 0. The predicted octanol–water partition coefficient (Wildman–Crippen LogP) is 3.53. The molecule has 0 aliphatic heterocycles. The van der Waals surface area contributed by atoms with Gasteiger partial charge in [-0.25, -0.2) is 0 Å². The van der Waals surface area contributed by atoms with Gasteiger partial charge in [0.1, 0.15) is 17.1 Å². The third-order valence-electron chi connectivity index (χ3n) is 2.11. The van der Waals surface area contributed by atoms with Gasteiger partial charge in [-0.05, 0) is 31.5 Å². The highest BCUT2D eigenvalue weighted by molar-refractivity contribution is 5.84. The minimum absolute atomic E-state index is 0.753. The van der Waals surface area contributed by atoms with Crippen LogP contribution in [0, 0.1) is 6.92 Å². The molecule has 0 atom stereocenters. The maximum absolute atomic E-state index is 5.62. The number of benzene rings is 1. The Morgan fingerprint density at radius 3 is 3.00 bits per heavy atom. The minimum Gasteiger partial charge on any atom is -0.493 e. The highest BCUT2D eigenvalue weighted by Crippen LogP contribution is 2.28. The van der Waals surface area contributed by atoms with Crippen LogP contribution in [0.1, 0.15) is 19.1 Å². The van der Waals surface area contributed by atoms with Gasteiger partial charge < -0.3 is 9.15 Å². The second kappa shape index (κ2) is 3.74. The van der Waals surface area contributed by atoms with Gasteiger partial charge in [0.2, 0.25) is 0 Å². The molecular formula is C12H14O2. The van der Waals surface area contributed by atoms with Crippen LogP contribution in [0.15, 0.2) is 28.7 Å². The van der Waals surface area contributed by atoms with E-state index in [2.05, 4.69) is 6.92 Å². The van der Waals surface area contributed by atoms with Crippen LogP contribution in [0.25, 0.3) is 11.0 Å². The smallest absolute Gasteiger partial charge is 0.137 e. The molecule has 0 amide bonds. The van der Waals surface area contributed by atoms with Crippen molar-refractivity contribution in [1.29, 1.82) is 0 Å². The van der Waals surface area contributed by atoms with Crippen molar-refractivity contribution in [3.8, 4) is 5.75 Å². The lowest BCUT2D eigenvalue weighted by Crippen LogP contribution is -1.94. The molecule has 0 N–H and O–H groups in total. The van der Waals surface area contributed by atoms with Crippen LogP contribution in [0.5, 0.6) is 5.75 Å². The van der Waals surface area contributed by atoms with E-state index in [0.29, 0.717) is 0 Å². The van der Waals surface area contributed by atoms with Gasteiger partial charge in [-0.3, -0.25) is 0 Å². The van der Waals surface area contributed by atoms with Crippen molar-refractivity contribution in [2.75, 3.05) is 6.61 Å². The fourth-order valence-electron chi connectivity index (χ4n) is 1.50. The lowest BCUT2D eigenvalue weighted by atomic mass is 10.2. The van der Waals surface area contributed by atoms with E-state index in [4.69, 9.17) is 9.15 Å². The number of ether oxygens (including phenoxy) is 1. The van der Waals surface area contributed by atoms with Crippen LogP contribution >= 0.6 is 0 Å². The Kier molecular flexibility index (Phi) is 2.44. The lowest BCUT2D eigenvalue weighted by molar-refractivity contribution is 0.321. The summed E-state index contributed by atoms with van der Waals surface area (Å²) in [7, 11) is 0. The molecule has 0 saturated heterocycles. The molecule has 0 unspecified atom stereocenters. The molecule has 2 nitrogen and oxygen atoms in total. The zero-order valence-electron chi connectivity index (χ0n) is 8.54. The van der Waals surface area contributed by atoms with E-state index in [1.165, 1.54) is 0 Å². The number of hydrogen-bond donors (Lipinski definition) is 0. The molecule has 2 aromatic rings. The standard InChI is InChI=1S/C12H14O2/c1-3-7-13-11-5-4-6-12-10(11)8-9(2)14-12/h4-6,8H,3,7H2,1-2H3. The van der Waals surface area contributed by atoms with E-state index in [0.717, 1.165) is 35.5 Å². The van der Waals surface area contributed by atoms with Gasteiger partial charge in [-0.2, -0.15) is 0 Å². The topological polar surface area (TPSA) is 22.4 Å². The summed E-state index contributed by atoms with van der Waals surface area (Å²) in [6, 6.07) is 7.91. The van der Waals surface area contributed by atoms with E-state index in [-0.39, 0.29) is 0 Å². The van der Waals surface area contributed by atoms with Crippen molar-refractivity contribution < 1.29 is 9.15 Å². The summed E-state index contributed by atoms with van der Waals surface area (Å²) in [5.74, 6) is 1.84. The molecule has 0 aliphatic carbocycles. The predicted molar refractivity (Wildman–Crippen MR) is 56.7 cm³/mol. The van der Waals surface area contributed by atoms with Crippen molar-refractivity contribution in [1.82, 2.24) is 0 Å². The first-order chi connectivity index (χ1) is 6.81. The summed E-state index contributed by atoms with van der Waals surface area (Å²) in [6.07, 6.45) is 1.02. The molecule has 0 radical (unpaired) electrons. The van der Waals surface area contributed by atoms with Gasteiger partial charge in [-0.1, -0.05) is 13.0 Å². The molecule has 14 heavy (non-hydrogen) atoms. The molecular weight excluding hydrogens is 176 g/mol. The first-order valence-corrected chi connectivity index (χ1v) is 4.93. The zero-order chi connectivity index (χ0) is 9.97. The molecule has 1 aromatic carbocycles. The van der Waals surface area contributed by atoms with Gasteiger partial charge in [-0.15, -0.1) is 0 Å². The maximum Gasteiger partial charge on any atom is 0.137 e. The van der Waals surface area contributed by atoms with Crippen LogP contribution < -0.4 is 4.74 Å². The van der Waals surface area contributed by atoms with Crippen LogP contribution in [-0.4, -0.2) is 6.61 Å². The van der Waals surface area contributed by atoms with Crippen molar-refractivity contribution >= 4 is 11.0 Å². The molecule has 1 heterocycles. The molecule has 74 valence electrons. The van der Waals surface area contributed by atoms with E-state index < -0.39 is 0 Å². The highest BCUT2D eigenvalue weighted by atomic mass is 16.5. The Morgan fingerprint density at radius 2 is 2.21 bits per heavy atom. The fraction of sp³-hybridized carbons (Fsp3) is 0.333. The number of aryl methyl sites for hydroxylation is 1. The highest BCUT2D eigenvalue weighted by Gasteiger charge is 2.05. The van der Waals surface area contributed by atoms with E-state index in [1.54, 1.807) is 0 Å². The Bertz CT molecular complexity index is 429. The largest absolute Gasteiger partial charge is 0.493 e. The number of rotatable bonds is 3. The second-order valence-corrected chi connectivity index (χ2v) is 3.37. The molecule has 0 fully saturated rings. The number of furan rings is 1. The monoisotopic (exact) mass is 190 g/mol. The van der Waals surface area contributed by atoms with Crippen LogP contribution in [0.4, 0.5) is 0 Å². The third-order valence-corrected chi connectivity index (χ3v) is 2.11. The Labute approximate surface area is 83.5 Å². The van der Waals surface area contributed by atoms with E-state index in [1.807, 2.05) is 31.2 Å².